The van der Waals surface area contributed by atoms with Crippen LogP contribution in [0.1, 0.15) is 37.7 Å². The second-order valence-corrected chi connectivity index (χ2v) is 9.11. The molecule has 2 aromatic rings. The molecule has 0 spiro atoms. The summed E-state index contributed by atoms with van der Waals surface area (Å²) in [6.45, 7) is 1.90. The van der Waals surface area contributed by atoms with Crippen molar-refractivity contribution in [3.05, 3.63) is 40.7 Å². The summed E-state index contributed by atoms with van der Waals surface area (Å²) < 4.78 is 14.6. The number of carbonyl (C=O) groups excluding carboxylic acids is 1. The number of carbonyl (C=O) groups is 1. The van der Waals surface area contributed by atoms with Crippen molar-refractivity contribution in [2.24, 2.45) is 10.9 Å². The van der Waals surface area contributed by atoms with Crippen LogP contribution in [-0.4, -0.2) is 59.0 Å². The van der Waals surface area contributed by atoms with E-state index in [9.17, 15) is 9.18 Å². The van der Waals surface area contributed by atoms with Crippen LogP contribution in [0.15, 0.2) is 35.1 Å². The molecule has 3 aliphatic rings. The van der Waals surface area contributed by atoms with Gasteiger partial charge in [0.2, 0.25) is 0 Å². The first kappa shape index (κ1) is 21.1. The second-order valence-electron chi connectivity index (χ2n) is 8.68. The molecule has 32 heavy (non-hydrogen) atoms. The first-order valence-electron chi connectivity index (χ1n) is 11.2. The summed E-state index contributed by atoms with van der Waals surface area (Å²) in [5.74, 6) is 1.12. The number of amidine groups is 1. The molecular weight excluding hydrogens is 433 g/mol. The number of rotatable bonds is 6. The first-order chi connectivity index (χ1) is 15.6. The van der Waals surface area contributed by atoms with Gasteiger partial charge in [-0.2, -0.15) is 0 Å². The number of amides is 2. The van der Waals surface area contributed by atoms with Crippen LogP contribution in [0.2, 0.25) is 5.02 Å². The molecule has 1 atom stereocenters. The molecule has 0 bridgehead atoms. The molecule has 5 rings (SSSR count). The number of hydrogen-bond acceptors (Lipinski definition) is 5. The number of aromatic nitrogens is 2. The van der Waals surface area contributed by atoms with Crippen molar-refractivity contribution in [1.82, 2.24) is 30.8 Å². The Morgan fingerprint density at radius 1 is 1.28 bits per heavy atom. The van der Waals surface area contributed by atoms with Gasteiger partial charge in [-0.1, -0.05) is 11.6 Å². The lowest BCUT2D eigenvalue weighted by atomic mass is 10.0. The van der Waals surface area contributed by atoms with Crippen LogP contribution in [0.5, 0.6) is 0 Å². The Bertz CT molecular complexity index is 1080. The van der Waals surface area contributed by atoms with E-state index in [2.05, 4.69) is 30.9 Å². The quantitative estimate of drug-likeness (QED) is 0.533. The van der Waals surface area contributed by atoms with E-state index in [4.69, 9.17) is 11.6 Å². The number of nitrogens with one attached hydrogen (secondary N) is 4. The van der Waals surface area contributed by atoms with Crippen molar-refractivity contribution in [2.45, 2.75) is 38.1 Å². The van der Waals surface area contributed by atoms with E-state index >= 15 is 0 Å². The fourth-order valence-corrected chi connectivity index (χ4v) is 4.43. The van der Waals surface area contributed by atoms with Crippen LogP contribution in [0, 0.1) is 5.92 Å². The van der Waals surface area contributed by atoms with E-state index < -0.39 is 0 Å². The molecule has 4 heterocycles. The number of halogens is 2. The number of fused-ring (bicyclic) bond motifs is 1. The number of pyridine rings is 1. The number of aromatic amines is 1. The average Bonchev–Trinajstić information content (AvgIpc) is 3.55. The maximum Gasteiger partial charge on any atom is 0.317 e. The van der Waals surface area contributed by atoms with E-state index in [0.29, 0.717) is 34.8 Å². The van der Waals surface area contributed by atoms with Gasteiger partial charge >= 0.3 is 6.03 Å². The summed E-state index contributed by atoms with van der Waals surface area (Å²) in [5, 5.41) is 10.7. The molecule has 0 radical (unpaired) electrons. The standard InChI is InChI=1S/C22H27ClFN7O/c23-14-7-16-17(11-27-19(16)25-9-14)20-28-12-18(24)21(30-20)26-10-15-3-1-2-6-31(15)22(32)29-8-13-4-5-13/h7,9,11,13,15,26H,1-6,8,10,12H2,(H,25,27)(H,28,30)(H,29,32)/t15-/m1/s1. The van der Waals surface area contributed by atoms with Crippen molar-refractivity contribution in [2.75, 3.05) is 26.2 Å². The smallest absolute Gasteiger partial charge is 0.317 e. The maximum absolute atomic E-state index is 14.6. The summed E-state index contributed by atoms with van der Waals surface area (Å²) in [6.07, 6.45) is 8.71. The summed E-state index contributed by atoms with van der Waals surface area (Å²) >= 11 is 6.10. The topological polar surface area (TPSA) is 97.4 Å². The molecule has 10 heteroatoms. The molecule has 2 fully saturated rings. The van der Waals surface area contributed by atoms with Gasteiger partial charge in [0.05, 0.1) is 17.6 Å². The largest absolute Gasteiger partial charge is 0.367 e. The molecule has 170 valence electrons. The molecule has 0 aromatic carbocycles. The van der Waals surface area contributed by atoms with Crippen molar-refractivity contribution in [3.8, 4) is 0 Å². The monoisotopic (exact) mass is 459 g/mol. The summed E-state index contributed by atoms with van der Waals surface area (Å²) in [4.78, 5) is 26.2. The van der Waals surface area contributed by atoms with Gasteiger partial charge in [0.25, 0.3) is 0 Å². The van der Waals surface area contributed by atoms with Crippen molar-refractivity contribution in [3.63, 3.8) is 0 Å². The number of aliphatic imine (C=N–C) groups is 1. The normalized spacial score (nSPS) is 21.4. The first-order valence-corrected chi connectivity index (χ1v) is 11.6. The molecule has 8 nitrogen and oxygen atoms in total. The fourth-order valence-electron chi connectivity index (χ4n) is 4.27. The van der Waals surface area contributed by atoms with Gasteiger partial charge in [0.1, 0.15) is 17.3 Å². The third-order valence-corrected chi connectivity index (χ3v) is 6.49. The van der Waals surface area contributed by atoms with Gasteiger partial charge in [-0.3, -0.25) is 4.99 Å². The zero-order chi connectivity index (χ0) is 22.1. The van der Waals surface area contributed by atoms with E-state index in [0.717, 1.165) is 43.3 Å². The Kier molecular flexibility index (Phi) is 5.91. The highest BCUT2D eigenvalue weighted by molar-refractivity contribution is 6.31. The molecule has 2 aliphatic heterocycles. The fraction of sp³-hybridized carbons (Fsp3) is 0.500. The van der Waals surface area contributed by atoms with Gasteiger partial charge in [0, 0.05) is 43.0 Å². The number of piperidine rings is 1. The second kappa shape index (κ2) is 8.97. The van der Waals surface area contributed by atoms with Crippen LogP contribution in [-0.2, 0) is 0 Å². The number of nitrogens with zero attached hydrogens (tertiary/aromatic N) is 3. The lowest BCUT2D eigenvalue weighted by molar-refractivity contribution is 0.150. The van der Waals surface area contributed by atoms with Crippen LogP contribution < -0.4 is 16.0 Å². The molecule has 4 N–H and O–H groups in total. The minimum atomic E-state index is -0.356. The molecule has 1 saturated heterocycles. The van der Waals surface area contributed by atoms with Crippen molar-refractivity contribution < 1.29 is 9.18 Å². The van der Waals surface area contributed by atoms with Gasteiger partial charge in [-0.25, -0.2) is 14.2 Å². The van der Waals surface area contributed by atoms with Crippen molar-refractivity contribution >= 4 is 34.5 Å². The Morgan fingerprint density at radius 2 is 2.16 bits per heavy atom. The number of H-pyrrole nitrogens is 1. The zero-order valence-electron chi connectivity index (χ0n) is 17.8. The third-order valence-electron chi connectivity index (χ3n) is 6.28. The molecule has 2 aromatic heterocycles. The Labute approximate surface area is 190 Å². The number of hydrogen-bond donors (Lipinski definition) is 4. The van der Waals surface area contributed by atoms with Crippen LogP contribution in [0.25, 0.3) is 11.0 Å². The number of urea groups is 1. The summed E-state index contributed by atoms with van der Waals surface area (Å²) in [7, 11) is 0. The van der Waals surface area contributed by atoms with Gasteiger partial charge < -0.3 is 25.8 Å². The SMILES string of the molecule is O=C(NCC1CC1)N1CCCC[C@@H]1CNC1=C(F)CN=C(c2c[nH]c3ncc(Cl)cc23)N1. The highest BCUT2D eigenvalue weighted by Crippen LogP contribution is 2.28. The minimum Gasteiger partial charge on any atom is -0.367 e. The predicted molar refractivity (Wildman–Crippen MR) is 122 cm³/mol. The number of likely N-dealkylation sites (tertiary alicyclic amines) is 1. The highest BCUT2D eigenvalue weighted by atomic mass is 35.5. The van der Waals surface area contributed by atoms with Gasteiger partial charge in [0.15, 0.2) is 5.83 Å². The zero-order valence-corrected chi connectivity index (χ0v) is 18.5. The van der Waals surface area contributed by atoms with Crippen LogP contribution in [0.4, 0.5) is 9.18 Å². The van der Waals surface area contributed by atoms with Gasteiger partial charge in [-0.15, -0.1) is 0 Å². The summed E-state index contributed by atoms with van der Waals surface area (Å²) in [5.41, 5.74) is 1.47. The molecule has 0 unspecified atom stereocenters. The Balaban J connectivity index is 1.24. The van der Waals surface area contributed by atoms with Crippen LogP contribution >= 0.6 is 11.6 Å². The summed E-state index contributed by atoms with van der Waals surface area (Å²) in [6, 6.07) is 1.81. The average molecular weight is 460 g/mol. The van der Waals surface area contributed by atoms with E-state index in [-0.39, 0.29) is 24.4 Å². The van der Waals surface area contributed by atoms with Gasteiger partial charge in [-0.05, 0) is 44.1 Å². The van der Waals surface area contributed by atoms with Crippen molar-refractivity contribution in [1.29, 1.82) is 0 Å². The molecule has 1 aliphatic carbocycles. The van der Waals surface area contributed by atoms with E-state index in [1.54, 1.807) is 12.4 Å². The van der Waals surface area contributed by atoms with E-state index in [1.165, 1.54) is 12.8 Å². The molecule has 2 amide bonds. The predicted octanol–water partition coefficient (Wildman–Crippen LogP) is 3.27. The highest BCUT2D eigenvalue weighted by Gasteiger charge is 2.29. The Morgan fingerprint density at radius 3 is 3.00 bits per heavy atom. The maximum atomic E-state index is 14.6. The van der Waals surface area contributed by atoms with E-state index in [1.807, 2.05) is 11.0 Å². The van der Waals surface area contributed by atoms with Crippen LogP contribution in [0.3, 0.4) is 0 Å². The lowest BCUT2D eigenvalue weighted by Gasteiger charge is -2.36. The molecule has 1 saturated carbocycles. The lowest BCUT2D eigenvalue weighted by Crippen LogP contribution is -2.53. The molecular formula is C22H27ClFN7O. The third kappa shape index (κ3) is 4.53. The Hall–Kier alpha value is -2.81. The minimum absolute atomic E-state index is 0.0140.